The Morgan fingerprint density at radius 2 is 1.86 bits per heavy atom. The summed E-state index contributed by atoms with van der Waals surface area (Å²) in [5.41, 5.74) is 0.958. The van der Waals surface area contributed by atoms with E-state index in [2.05, 4.69) is 5.32 Å². The number of carbonyl (C=O) groups is 2. The van der Waals surface area contributed by atoms with Gasteiger partial charge in [0.2, 0.25) is 0 Å². The van der Waals surface area contributed by atoms with Gasteiger partial charge < -0.3 is 19.5 Å². The number of benzene rings is 2. The first-order valence-corrected chi connectivity index (χ1v) is 8.42. The summed E-state index contributed by atoms with van der Waals surface area (Å²) in [6, 6.07) is 15.0. The first-order chi connectivity index (χ1) is 13.6. The van der Waals surface area contributed by atoms with Crippen molar-refractivity contribution in [2.75, 3.05) is 27.4 Å². The average Bonchev–Trinajstić information content (AvgIpc) is 2.73. The van der Waals surface area contributed by atoms with Crippen molar-refractivity contribution in [2.24, 2.45) is 0 Å². The van der Waals surface area contributed by atoms with Crippen LogP contribution in [0.5, 0.6) is 11.5 Å². The van der Waals surface area contributed by atoms with E-state index in [9.17, 15) is 9.59 Å². The first kappa shape index (κ1) is 20.7. The lowest BCUT2D eigenvalue weighted by atomic mass is 10.1. The fourth-order valence-electron chi connectivity index (χ4n) is 2.23. The van der Waals surface area contributed by atoms with Crippen LogP contribution in [-0.4, -0.2) is 39.2 Å². The average molecular weight is 380 g/mol. The molecule has 28 heavy (non-hydrogen) atoms. The van der Waals surface area contributed by atoms with Crippen molar-refractivity contribution in [3.05, 3.63) is 65.2 Å². The normalized spacial score (nSPS) is 10.7. The second-order valence-corrected chi connectivity index (χ2v) is 5.61. The van der Waals surface area contributed by atoms with Crippen LogP contribution in [0.25, 0.3) is 6.08 Å². The number of ether oxygens (including phenoxy) is 3. The molecule has 0 saturated carbocycles. The molecular weight excluding hydrogens is 360 g/mol. The molecule has 144 valence electrons. The summed E-state index contributed by atoms with van der Waals surface area (Å²) in [4.78, 5) is 24.1. The van der Waals surface area contributed by atoms with E-state index in [-0.39, 0.29) is 5.57 Å². The molecule has 0 radical (unpaired) electrons. The number of hydrogen-bond acceptors (Lipinski definition) is 6. The van der Waals surface area contributed by atoms with E-state index in [0.29, 0.717) is 35.8 Å². The molecule has 0 aliphatic carbocycles. The van der Waals surface area contributed by atoms with Crippen LogP contribution in [0.15, 0.2) is 54.1 Å². The first-order valence-electron chi connectivity index (χ1n) is 8.42. The SMILES string of the molecule is COCCNC(=O)/C(C#N)=C/c1ccc(OC(=O)c2cccc(OC)c2)cc1. The molecule has 2 aromatic rings. The van der Waals surface area contributed by atoms with Crippen LogP contribution in [0.3, 0.4) is 0 Å². The van der Waals surface area contributed by atoms with Crippen LogP contribution in [0, 0.1) is 11.3 Å². The van der Waals surface area contributed by atoms with Gasteiger partial charge in [0.1, 0.15) is 23.1 Å². The van der Waals surface area contributed by atoms with E-state index in [1.165, 1.54) is 20.3 Å². The van der Waals surface area contributed by atoms with Crippen LogP contribution in [-0.2, 0) is 9.53 Å². The van der Waals surface area contributed by atoms with Gasteiger partial charge in [-0.3, -0.25) is 4.79 Å². The lowest BCUT2D eigenvalue weighted by Gasteiger charge is -2.06. The topological polar surface area (TPSA) is 97.6 Å². The second kappa shape index (κ2) is 10.5. The molecule has 1 amide bonds. The fourth-order valence-corrected chi connectivity index (χ4v) is 2.23. The Bertz CT molecular complexity index is 898. The molecule has 2 aromatic carbocycles. The summed E-state index contributed by atoms with van der Waals surface area (Å²) in [5, 5.41) is 11.8. The Hall–Kier alpha value is -3.63. The lowest BCUT2D eigenvalue weighted by Crippen LogP contribution is -2.27. The third-order valence-corrected chi connectivity index (χ3v) is 3.66. The minimum Gasteiger partial charge on any atom is -0.497 e. The molecule has 7 heteroatoms. The number of nitrogens with one attached hydrogen (secondary N) is 1. The van der Waals surface area contributed by atoms with Gasteiger partial charge in [-0.05, 0) is 42.0 Å². The minimum absolute atomic E-state index is 0.0303. The molecule has 0 unspecified atom stereocenters. The summed E-state index contributed by atoms with van der Waals surface area (Å²) >= 11 is 0. The molecule has 1 N–H and O–H groups in total. The lowest BCUT2D eigenvalue weighted by molar-refractivity contribution is -0.117. The predicted molar refractivity (Wildman–Crippen MR) is 103 cm³/mol. The van der Waals surface area contributed by atoms with Gasteiger partial charge in [0.15, 0.2) is 0 Å². The van der Waals surface area contributed by atoms with Crippen molar-refractivity contribution >= 4 is 18.0 Å². The number of methoxy groups -OCH3 is 2. The summed E-state index contributed by atoms with van der Waals surface area (Å²) in [5.74, 6) is -0.0960. The van der Waals surface area contributed by atoms with Gasteiger partial charge >= 0.3 is 5.97 Å². The second-order valence-electron chi connectivity index (χ2n) is 5.61. The van der Waals surface area contributed by atoms with E-state index in [1.54, 1.807) is 48.5 Å². The van der Waals surface area contributed by atoms with Crippen LogP contribution in [0.2, 0.25) is 0 Å². The Morgan fingerprint density at radius 3 is 2.50 bits per heavy atom. The third kappa shape index (κ3) is 5.97. The van der Waals surface area contributed by atoms with Crippen molar-refractivity contribution in [3.8, 4) is 17.6 Å². The molecule has 0 aromatic heterocycles. The Labute approximate surface area is 163 Å². The van der Waals surface area contributed by atoms with Crippen molar-refractivity contribution in [2.45, 2.75) is 0 Å². The molecule has 0 aliphatic rings. The summed E-state index contributed by atoms with van der Waals surface area (Å²) < 4.78 is 15.3. The molecule has 0 heterocycles. The zero-order chi connectivity index (χ0) is 20.4. The quantitative estimate of drug-likeness (QED) is 0.249. The molecule has 0 bridgehead atoms. The molecule has 0 atom stereocenters. The van der Waals surface area contributed by atoms with E-state index in [1.807, 2.05) is 6.07 Å². The largest absolute Gasteiger partial charge is 0.497 e. The third-order valence-electron chi connectivity index (χ3n) is 3.66. The van der Waals surface area contributed by atoms with E-state index in [0.717, 1.165) is 0 Å². The van der Waals surface area contributed by atoms with Gasteiger partial charge in [0, 0.05) is 13.7 Å². The number of nitrogens with zero attached hydrogens (tertiary/aromatic N) is 1. The number of esters is 1. The minimum atomic E-state index is -0.516. The summed E-state index contributed by atoms with van der Waals surface area (Å²) in [6.07, 6.45) is 1.45. The monoisotopic (exact) mass is 380 g/mol. The molecule has 0 saturated heterocycles. The molecule has 7 nitrogen and oxygen atoms in total. The van der Waals surface area contributed by atoms with Gasteiger partial charge in [0.25, 0.3) is 5.91 Å². The maximum absolute atomic E-state index is 12.2. The van der Waals surface area contributed by atoms with Gasteiger partial charge in [-0.1, -0.05) is 18.2 Å². The Morgan fingerprint density at radius 1 is 1.11 bits per heavy atom. The van der Waals surface area contributed by atoms with Crippen molar-refractivity contribution < 1.29 is 23.8 Å². The zero-order valence-electron chi connectivity index (χ0n) is 15.6. The smallest absolute Gasteiger partial charge is 0.343 e. The maximum Gasteiger partial charge on any atom is 0.343 e. The molecule has 0 aliphatic heterocycles. The van der Waals surface area contributed by atoms with E-state index < -0.39 is 11.9 Å². The van der Waals surface area contributed by atoms with Gasteiger partial charge in [-0.2, -0.15) is 5.26 Å². The fraction of sp³-hybridized carbons (Fsp3) is 0.190. The zero-order valence-corrected chi connectivity index (χ0v) is 15.6. The van der Waals surface area contributed by atoms with Crippen molar-refractivity contribution in [3.63, 3.8) is 0 Å². The predicted octanol–water partition coefficient (Wildman–Crippen LogP) is 2.58. The highest BCUT2D eigenvalue weighted by molar-refractivity contribution is 6.01. The molecule has 2 rings (SSSR count). The highest BCUT2D eigenvalue weighted by Crippen LogP contribution is 2.18. The number of carbonyl (C=O) groups excluding carboxylic acids is 2. The number of rotatable bonds is 8. The molecular formula is C21H20N2O5. The highest BCUT2D eigenvalue weighted by Gasteiger charge is 2.11. The van der Waals surface area contributed by atoms with Crippen LogP contribution >= 0.6 is 0 Å². The van der Waals surface area contributed by atoms with E-state index in [4.69, 9.17) is 19.5 Å². The molecule has 0 fully saturated rings. The van der Waals surface area contributed by atoms with Gasteiger partial charge in [0.05, 0.1) is 19.3 Å². The van der Waals surface area contributed by atoms with Crippen molar-refractivity contribution in [1.29, 1.82) is 5.26 Å². The Kier molecular flexibility index (Phi) is 7.76. The number of amides is 1. The van der Waals surface area contributed by atoms with Gasteiger partial charge in [-0.25, -0.2) is 4.79 Å². The Balaban J connectivity index is 2.04. The number of nitriles is 1. The van der Waals surface area contributed by atoms with Gasteiger partial charge in [-0.15, -0.1) is 0 Å². The van der Waals surface area contributed by atoms with Crippen LogP contribution in [0.4, 0.5) is 0 Å². The van der Waals surface area contributed by atoms with Crippen LogP contribution < -0.4 is 14.8 Å². The molecule has 0 spiro atoms. The number of hydrogen-bond donors (Lipinski definition) is 1. The van der Waals surface area contributed by atoms with Crippen LogP contribution in [0.1, 0.15) is 15.9 Å². The summed E-state index contributed by atoms with van der Waals surface area (Å²) in [6.45, 7) is 0.672. The van der Waals surface area contributed by atoms with Crippen molar-refractivity contribution in [1.82, 2.24) is 5.32 Å². The van der Waals surface area contributed by atoms with E-state index >= 15 is 0 Å². The standard InChI is InChI=1S/C21H20N2O5/c1-26-11-10-23-20(24)17(14-22)12-15-6-8-18(9-7-15)28-21(25)16-4-3-5-19(13-16)27-2/h3-9,12-13H,10-11H2,1-2H3,(H,23,24)/b17-12+. The summed E-state index contributed by atoms with van der Waals surface area (Å²) in [7, 11) is 3.04. The maximum atomic E-state index is 12.2. The highest BCUT2D eigenvalue weighted by atomic mass is 16.5.